The molecule has 21 heavy (non-hydrogen) atoms. The van der Waals surface area contributed by atoms with E-state index in [1.165, 1.54) is 11.3 Å². The number of aromatic nitrogens is 2. The molecule has 0 radical (unpaired) electrons. The first kappa shape index (κ1) is 12.8. The molecule has 1 unspecified atom stereocenters. The van der Waals surface area contributed by atoms with Gasteiger partial charge in [-0.3, -0.25) is 0 Å². The molecule has 0 saturated carbocycles. The van der Waals surface area contributed by atoms with Gasteiger partial charge in [0, 0.05) is 24.4 Å². The number of rotatable bonds is 2. The highest BCUT2D eigenvalue weighted by Gasteiger charge is 2.35. The number of fused-ring (bicyclic) bond motifs is 1. The molecule has 1 atom stereocenters. The summed E-state index contributed by atoms with van der Waals surface area (Å²) in [6, 6.07) is 6.27. The van der Waals surface area contributed by atoms with Gasteiger partial charge < -0.3 is 14.6 Å². The zero-order valence-corrected chi connectivity index (χ0v) is 12.2. The van der Waals surface area contributed by atoms with Crippen molar-refractivity contribution in [1.82, 2.24) is 10.1 Å². The van der Waals surface area contributed by atoms with Crippen LogP contribution in [-0.2, 0) is 16.8 Å². The summed E-state index contributed by atoms with van der Waals surface area (Å²) in [5, 5.41) is 7.52. The van der Waals surface area contributed by atoms with Crippen molar-refractivity contribution in [1.29, 1.82) is 0 Å². The Morgan fingerprint density at radius 2 is 2.24 bits per heavy atom. The standard InChI is InChI=1S/C16H19N3O2/c1-16(7-2-3-9-20-16)15-18-14(21-19-15)12-5-4-11-6-8-17-13(11)10-12/h4-5,10,17H,2-3,6-9H2,1H3. The van der Waals surface area contributed by atoms with E-state index in [9.17, 15) is 0 Å². The molecular formula is C16H19N3O2. The second-order valence-corrected chi connectivity index (χ2v) is 6.01. The maximum atomic E-state index is 5.88. The van der Waals surface area contributed by atoms with Crippen LogP contribution in [0.3, 0.4) is 0 Å². The van der Waals surface area contributed by atoms with E-state index in [0.29, 0.717) is 11.7 Å². The summed E-state index contributed by atoms with van der Waals surface area (Å²) >= 11 is 0. The lowest BCUT2D eigenvalue weighted by Crippen LogP contribution is -2.31. The van der Waals surface area contributed by atoms with Gasteiger partial charge in [0.15, 0.2) is 0 Å². The number of ether oxygens (including phenoxy) is 1. The molecule has 2 aliphatic rings. The summed E-state index contributed by atoms with van der Waals surface area (Å²) in [4.78, 5) is 4.57. The molecule has 2 aliphatic heterocycles. The lowest BCUT2D eigenvalue weighted by atomic mass is 9.95. The van der Waals surface area contributed by atoms with Crippen molar-refractivity contribution in [3.05, 3.63) is 29.6 Å². The summed E-state index contributed by atoms with van der Waals surface area (Å²) in [5.41, 5.74) is 3.07. The molecule has 1 fully saturated rings. The van der Waals surface area contributed by atoms with Crippen LogP contribution in [0.25, 0.3) is 11.5 Å². The first-order chi connectivity index (χ1) is 10.2. The highest BCUT2D eigenvalue weighted by Crippen LogP contribution is 2.34. The zero-order chi connectivity index (χ0) is 14.3. The van der Waals surface area contributed by atoms with Crippen molar-refractivity contribution in [3.63, 3.8) is 0 Å². The number of nitrogens with zero attached hydrogens (tertiary/aromatic N) is 2. The predicted octanol–water partition coefficient (Wildman–Crippen LogP) is 3.12. The van der Waals surface area contributed by atoms with Crippen LogP contribution in [0, 0.1) is 0 Å². The van der Waals surface area contributed by atoms with Gasteiger partial charge in [-0.1, -0.05) is 11.2 Å². The van der Waals surface area contributed by atoms with Gasteiger partial charge in [0.05, 0.1) is 0 Å². The van der Waals surface area contributed by atoms with E-state index in [-0.39, 0.29) is 0 Å². The van der Waals surface area contributed by atoms with Crippen LogP contribution in [0.15, 0.2) is 22.7 Å². The molecule has 5 heteroatoms. The summed E-state index contributed by atoms with van der Waals surface area (Å²) < 4.78 is 11.3. The predicted molar refractivity (Wildman–Crippen MR) is 79.1 cm³/mol. The Labute approximate surface area is 123 Å². The number of hydrogen-bond acceptors (Lipinski definition) is 5. The Morgan fingerprint density at radius 3 is 3.10 bits per heavy atom. The molecule has 1 aromatic carbocycles. The lowest BCUT2D eigenvalue weighted by molar-refractivity contribution is -0.0770. The van der Waals surface area contributed by atoms with Crippen molar-refractivity contribution in [2.75, 3.05) is 18.5 Å². The van der Waals surface area contributed by atoms with Crippen molar-refractivity contribution in [3.8, 4) is 11.5 Å². The average Bonchev–Trinajstić information content (AvgIpc) is 3.17. The van der Waals surface area contributed by atoms with Crippen LogP contribution >= 0.6 is 0 Å². The lowest BCUT2D eigenvalue weighted by Gasteiger charge is -2.30. The number of anilines is 1. The molecule has 4 rings (SSSR count). The minimum absolute atomic E-state index is 0.408. The molecule has 0 aliphatic carbocycles. The molecule has 0 bridgehead atoms. The van der Waals surface area contributed by atoms with Crippen LogP contribution < -0.4 is 5.32 Å². The van der Waals surface area contributed by atoms with E-state index in [0.717, 1.165) is 44.4 Å². The minimum Gasteiger partial charge on any atom is -0.384 e. The van der Waals surface area contributed by atoms with Crippen molar-refractivity contribution in [2.24, 2.45) is 0 Å². The SMILES string of the molecule is CC1(c2noc(-c3ccc4c(c3)NCC4)n2)CCCCO1. The first-order valence-electron chi connectivity index (χ1n) is 7.60. The van der Waals surface area contributed by atoms with Crippen LogP contribution in [0.4, 0.5) is 5.69 Å². The summed E-state index contributed by atoms with van der Waals surface area (Å²) in [7, 11) is 0. The van der Waals surface area contributed by atoms with Gasteiger partial charge in [0.1, 0.15) is 5.60 Å². The van der Waals surface area contributed by atoms with Crippen LogP contribution in [0.1, 0.15) is 37.6 Å². The van der Waals surface area contributed by atoms with E-state index in [2.05, 4.69) is 27.6 Å². The summed E-state index contributed by atoms with van der Waals surface area (Å²) in [6.45, 7) is 3.81. The number of hydrogen-bond donors (Lipinski definition) is 1. The Morgan fingerprint density at radius 1 is 1.29 bits per heavy atom. The Bertz CT molecular complexity index is 659. The Balaban J connectivity index is 1.65. The Kier molecular flexibility index (Phi) is 2.96. The molecule has 1 N–H and O–H groups in total. The van der Waals surface area contributed by atoms with Crippen LogP contribution in [0.5, 0.6) is 0 Å². The minimum atomic E-state index is -0.408. The second kappa shape index (κ2) is 4.84. The highest BCUT2D eigenvalue weighted by molar-refractivity contribution is 5.66. The van der Waals surface area contributed by atoms with Crippen molar-refractivity contribution < 1.29 is 9.26 Å². The quantitative estimate of drug-likeness (QED) is 0.918. The molecule has 1 saturated heterocycles. The van der Waals surface area contributed by atoms with Gasteiger partial charge in [0.25, 0.3) is 5.89 Å². The molecule has 5 nitrogen and oxygen atoms in total. The van der Waals surface area contributed by atoms with E-state index < -0.39 is 5.60 Å². The molecule has 1 aromatic heterocycles. The maximum absolute atomic E-state index is 5.88. The zero-order valence-electron chi connectivity index (χ0n) is 12.2. The fourth-order valence-corrected chi connectivity index (χ4v) is 3.09. The second-order valence-electron chi connectivity index (χ2n) is 6.01. The van der Waals surface area contributed by atoms with Gasteiger partial charge in [-0.05, 0) is 50.3 Å². The van der Waals surface area contributed by atoms with Gasteiger partial charge >= 0.3 is 0 Å². The largest absolute Gasteiger partial charge is 0.384 e. The molecule has 2 aromatic rings. The topological polar surface area (TPSA) is 60.2 Å². The smallest absolute Gasteiger partial charge is 0.258 e. The molecular weight excluding hydrogens is 266 g/mol. The third-order valence-corrected chi connectivity index (χ3v) is 4.43. The fraction of sp³-hybridized carbons (Fsp3) is 0.500. The van der Waals surface area contributed by atoms with Gasteiger partial charge in [-0.15, -0.1) is 0 Å². The van der Waals surface area contributed by atoms with E-state index in [1.54, 1.807) is 0 Å². The van der Waals surface area contributed by atoms with Gasteiger partial charge in [-0.25, -0.2) is 0 Å². The average molecular weight is 285 g/mol. The van der Waals surface area contributed by atoms with Crippen molar-refractivity contribution in [2.45, 2.75) is 38.2 Å². The first-order valence-corrected chi connectivity index (χ1v) is 7.60. The van der Waals surface area contributed by atoms with Gasteiger partial charge in [0.2, 0.25) is 5.82 Å². The van der Waals surface area contributed by atoms with Crippen molar-refractivity contribution >= 4 is 5.69 Å². The van der Waals surface area contributed by atoms with E-state index >= 15 is 0 Å². The van der Waals surface area contributed by atoms with Gasteiger partial charge in [-0.2, -0.15) is 4.98 Å². The third kappa shape index (κ3) is 2.21. The summed E-state index contributed by atoms with van der Waals surface area (Å²) in [5.74, 6) is 1.22. The summed E-state index contributed by atoms with van der Waals surface area (Å²) in [6.07, 6.45) is 4.27. The highest BCUT2D eigenvalue weighted by atomic mass is 16.5. The van der Waals surface area contributed by atoms with Crippen LogP contribution in [0.2, 0.25) is 0 Å². The molecule has 0 amide bonds. The molecule has 110 valence electrons. The number of benzene rings is 1. The fourth-order valence-electron chi connectivity index (χ4n) is 3.09. The molecule has 3 heterocycles. The monoisotopic (exact) mass is 285 g/mol. The van der Waals surface area contributed by atoms with E-state index in [1.807, 2.05) is 13.0 Å². The number of nitrogens with one attached hydrogen (secondary N) is 1. The Hall–Kier alpha value is -1.88. The normalized spacial score (nSPS) is 24.6. The molecule has 0 spiro atoms. The third-order valence-electron chi connectivity index (χ3n) is 4.43. The maximum Gasteiger partial charge on any atom is 0.258 e. The van der Waals surface area contributed by atoms with Crippen LogP contribution in [-0.4, -0.2) is 23.3 Å². The van der Waals surface area contributed by atoms with E-state index in [4.69, 9.17) is 9.26 Å².